The van der Waals surface area contributed by atoms with Crippen LogP contribution in [-0.2, 0) is 16.4 Å². The van der Waals surface area contributed by atoms with E-state index < -0.39 is 10.0 Å². The summed E-state index contributed by atoms with van der Waals surface area (Å²) in [5.41, 5.74) is 4.63. The Balaban J connectivity index is 1.63. The molecule has 1 N–H and O–H groups in total. The van der Waals surface area contributed by atoms with E-state index in [0.717, 1.165) is 29.9 Å². The lowest BCUT2D eigenvalue weighted by molar-refractivity contribution is 0.563. The first-order valence-corrected chi connectivity index (χ1v) is 12.1. The second kappa shape index (κ2) is 8.91. The van der Waals surface area contributed by atoms with Crippen LogP contribution in [-0.4, -0.2) is 35.6 Å². The fourth-order valence-corrected chi connectivity index (χ4v) is 5.14. The molecule has 0 amide bonds. The van der Waals surface area contributed by atoms with Gasteiger partial charge < -0.3 is 9.80 Å². The van der Waals surface area contributed by atoms with Crippen LogP contribution >= 0.6 is 11.6 Å². The molecule has 0 bridgehead atoms. The van der Waals surface area contributed by atoms with Gasteiger partial charge in [-0.25, -0.2) is 13.1 Å². The molecule has 5 nitrogen and oxygen atoms in total. The van der Waals surface area contributed by atoms with Crippen molar-refractivity contribution in [2.75, 3.05) is 37.0 Å². The predicted octanol–water partition coefficient (Wildman–Crippen LogP) is 4.49. The van der Waals surface area contributed by atoms with E-state index in [1.165, 1.54) is 17.7 Å². The fraction of sp³-hybridized carbons (Fsp3) is 0.250. The third kappa shape index (κ3) is 4.71. The van der Waals surface area contributed by atoms with Crippen molar-refractivity contribution < 1.29 is 8.42 Å². The van der Waals surface area contributed by atoms with E-state index in [1.54, 1.807) is 12.1 Å². The Labute approximate surface area is 189 Å². The summed E-state index contributed by atoms with van der Waals surface area (Å²) >= 11 is 5.91. The van der Waals surface area contributed by atoms with Crippen LogP contribution in [0.25, 0.3) is 0 Å². The van der Waals surface area contributed by atoms with Crippen molar-refractivity contribution in [2.24, 2.45) is 0 Å². The second-order valence-electron chi connectivity index (χ2n) is 7.88. The van der Waals surface area contributed by atoms with Crippen LogP contribution in [0.15, 0.2) is 77.7 Å². The first-order valence-electron chi connectivity index (χ1n) is 10.2. The van der Waals surface area contributed by atoms with Crippen molar-refractivity contribution in [3.8, 4) is 0 Å². The van der Waals surface area contributed by atoms with Crippen LogP contribution in [0.1, 0.15) is 17.2 Å². The molecule has 0 saturated carbocycles. The first-order chi connectivity index (χ1) is 14.8. The maximum Gasteiger partial charge on any atom is 0.240 e. The summed E-state index contributed by atoms with van der Waals surface area (Å²) in [6.45, 7) is 1.11. The van der Waals surface area contributed by atoms with Crippen molar-refractivity contribution in [3.63, 3.8) is 0 Å². The molecule has 0 aromatic heterocycles. The number of nitrogens with one attached hydrogen (secondary N) is 1. The van der Waals surface area contributed by atoms with E-state index in [4.69, 9.17) is 11.6 Å². The molecule has 1 aliphatic rings. The highest BCUT2D eigenvalue weighted by atomic mass is 35.5. The topological polar surface area (TPSA) is 52.7 Å². The normalized spacial score (nSPS) is 14.4. The van der Waals surface area contributed by atoms with Gasteiger partial charge in [0.15, 0.2) is 0 Å². The van der Waals surface area contributed by atoms with Crippen LogP contribution in [0, 0.1) is 0 Å². The highest BCUT2D eigenvalue weighted by molar-refractivity contribution is 7.89. The summed E-state index contributed by atoms with van der Waals surface area (Å²) in [5, 5.41) is 0.506. The van der Waals surface area contributed by atoms with Crippen LogP contribution in [0.5, 0.6) is 0 Å². The molecular weight excluding hydrogens is 430 g/mol. The standard InChI is InChI=1S/C24H26ClN3O2S/c1-27(2)21-11-7-19(8-12-21)24(28-16-15-18-5-3-4-6-23(18)28)17-26-31(29,30)22-13-9-20(25)10-14-22/h3-14,24,26H,15-17H2,1-2H3/t24-/m0/s1. The molecule has 1 aliphatic heterocycles. The van der Waals surface area contributed by atoms with Gasteiger partial charge in [-0.2, -0.15) is 0 Å². The Morgan fingerprint density at radius 3 is 2.35 bits per heavy atom. The summed E-state index contributed by atoms with van der Waals surface area (Å²) in [4.78, 5) is 4.55. The molecule has 3 aromatic carbocycles. The van der Waals surface area contributed by atoms with Crippen LogP contribution < -0.4 is 14.5 Å². The summed E-state index contributed by atoms with van der Waals surface area (Å²) in [6.07, 6.45) is 0.951. The van der Waals surface area contributed by atoms with Gasteiger partial charge in [0.1, 0.15) is 0 Å². The van der Waals surface area contributed by atoms with Gasteiger partial charge in [0.25, 0.3) is 0 Å². The molecular formula is C24H26ClN3O2S. The second-order valence-corrected chi connectivity index (χ2v) is 10.1. The van der Waals surface area contributed by atoms with Gasteiger partial charge >= 0.3 is 0 Å². The summed E-state index contributed by atoms with van der Waals surface area (Å²) in [6, 6.07) is 22.7. The van der Waals surface area contributed by atoms with E-state index in [-0.39, 0.29) is 17.5 Å². The largest absolute Gasteiger partial charge is 0.378 e. The quantitative estimate of drug-likeness (QED) is 0.570. The zero-order valence-electron chi connectivity index (χ0n) is 17.6. The molecule has 0 spiro atoms. The summed E-state index contributed by atoms with van der Waals surface area (Å²) in [7, 11) is 0.355. The molecule has 7 heteroatoms. The Hall–Kier alpha value is -2.54. The van der Waals surface area contributed by atoms with E-state index in [9.17, 15) is 8.42 Å². The van der Waals surface area contributed by atoms with Crippen molar-refractivity contribution in [1.29, 1.82) is 0 Å². The molecule has 1 heterocycles. The fourth-order valence-electron chi connectivity index (χ4n) is 3.98. The van der Waals surface area contributed by atoms with Crippen molar-refractivity contribution in [3.05, 3.63) is 88.9 Å². The lowest BCUT2D eigenvalue weighted by Crippen LogP contribution is -2.37. The van der Waals surface area contributed by atoms with Crippen LogP contribution in [0.3, 0.4) is 0 Å². The lowest BCUT2D eigenvalue weighted by atomic mass is 10.0. The highest BCUT2D eigenvalue weighted by Crippen LogP contribution is 2.35. The van der Waals surface area contributed by atoms with Crippen molar-refractivity contribution in [1.82, 2.24) is 4.72 Å². The molecule has 4 rings (SSSR count). The third-order valence-corrected chi connectivity index (χ3v) is 7.38. The molecule has 3 aromatic rings. The number of halogens is 1. The average Bonchev–Trinajstić information content (AvgIpc) is 3.18. The Morgan fingerprint density at radius 2 is 1.68 bits per heavy atom. The predicted molar refractivity (Wildman–Crippen MR) is 128 cm³/mol. The number of para-hydroxylation sites is 1. The maximum absolute atomic E-state index is 12.9. The van der Waals surface area contributed by atoms with E-state index >= 15 is 0 Å². The minimum Gasteiger partial charge on any atom is -0.378 e. The minimum absolute atomic E-state index is 0.123. The minimum atomic E-state index is -3.65. The lowest BCUT2D eigenvalue weighted by Gasteiger charge is -2.31. The number of sulfonamides is 1. The number of nitrogens with zero attached hydrogens (tertiary/aromatic N) is 2. The van der Waals surface area contributed by atoms with Crippen LogP contribution in [0.4, 0.5) is 11.4 Å². The maximum atomic E-state index is 12.9. The Bertz CT molecular complexity index is 1150. The summed E-state index contributed by atoms with van der Waals surface area (Å²) < 4.78 is 28.6. The van der Waals surface area contributed by atoms with Gasteiger partial charge in [-0.1, -0.05) is 41.9 Å². The number of anilines is 2. The average molecular weight is 456 g/mol. The van der Waals surface area contributed by atoms with Crippen molar-refractivity contribution >= 4 is 33.0 Å². The molecule has 31 heavy (non-hydrogen) atoms. The summed E-state index contributed by atoms with van der Waals surface area (Å²) in [5.74, 6) is 0. The van der Waals surface area contributed by atoms with Crippen molar-refractivity contribution in [2.45, 2.75) is 17.4 Å². The third-order valence-electron chi connectivity index (χ3n) is 5.68. The number of rotatable bonds is 7. The van der Waals surface area contributed by atoms with E-state index in [2.05, 4.69) is 46.0 Å². The number of benzene rings is 3. The number of fused-ring (bicyclic) bond motifs is 1. The van der Waals surface area contributed by atoms with Gasteiger partial charge in [0.05, 0.1) is 10.9 Å². The van der Waals surface area contributed by atoms with E-state index in [1.807, 2.05) is 31.1 Å². The van der Waals surface area contributed by atoms with Gasteiger partial charge in [0, 0.05) is 43.6 Å². The first kappa shape index (κ1) is 21.7. The number of hydrogen-bond acceptors (Lipinski definition) is 4. The van der Waals surface area contributed by atoms with Gasteiger partial charge in [-0.15, -0.1) is 0 Å². The highest BCUT2D eigenvalue weighted by Gasteiger charge is 2.28. The smallest absolute Gasteiger partial charge is 0.240 e. The molecule has 0 unspecified atom stereocenters. The zero-order chi connectivity index (χ0) is 22.0. The molecule has 0 radical (unpaired) electrons. The molecule has 0 fully saturated rings. The monoisotopic (exact) mass is 455 g/mol. The number of hydrogen-bond donors (Lipinski definition) is 1. The molecule has 0 aliphatic carbocycles. The molecule has 0 saturated heterocycles. The zero-order valence-corrected chi connectivity index (χ0v) is 19.2. The van der Waals surface area contributed by atoms with Gasteiger partial charge in [-0.3, -0.25) is 0 Å². The SMILES string of the molecule is CN(C)c1ccc([C@H](CNS(=O)(=O)c2ccc(Cl)cc2)N2CCc3ccccc32)cc1. The molecule has 1 atom stereocenters. The Morgan fingerprint density at radius 1 is 1.00 bits per heavy atom. The van der Waals surface area contributed by atoms with Gasteiger partial charge in [-0.05, 0) is 60.0 Å². The van der Waals surface area contributed by atoms with Gasteiger partial charge in [0.2, 0.25) is 10.0 Å². The van der Waals surface area contributed by atoms with E-state index in [0.29, 0.717) is 5.02 Å². The van der Waals surface area contributed by atoms with Crippen LogP contribution in [0.2, 0.25) is 5.02 Å². The molecule has 162 valence electrons. The Kier molecular flexibility index (Phi) is 6.23.